The molecule has 0 unspecified atom stereocenters. The Morgan fingerprint density at radius 1 is 1.35 bits per heavy atom. The molecule has 20 heavy (non-hydrogen) atoms. The molecular formula is C11H13IN2O5S. The molecule has 1 aromatic carbocycles. The van der Waals surface area contributed by atoms with Crippen molar-refractivity contribution in [3.63, 3.8) is 0 Å². The van der Waals surface area contributed by atoms with Crippen LogP contribution in [0.3, 0.4) is 0 Å². The van der Waals surface area contributed by atoms with E-state index in [-0.39, 0.29) is 10.5 Å². The first kappa shape index (κ1) is 16.9. The van der Waals surface area contributed by atoms with Crippen molar-refractivity contribution in [2.75, 3.05) is 0 Å². The predicted molar refractivity (Wildman–Crippen MR) is 79.7 cm³/mol. The molecule has 9 heteroatoms. The van der Waals surface area contributed by atoms with Crippen molar-refractivity contribution in [2.24, 2.45) is 5.73 Å². The lowest BCUT2D eigenvalue weighted by molar-refractivity contribution is -0.122. The first-order valence-electron chi connectivity index (χ1n) is 5.34. The monoisotopic (exact) mass is 412 g/mol. The lowest BCUT2D eigenvalue weighted by atomic mass is 10.1. The third kappa shape index (κ3) is 3.67. The van der Waals surface area contributed by atoms with E-state index < -0.39 is 27.4 Å². The number of nitrogens with two attached hydrogens (primary N) is 1. The van der Waals surface area contributed by atoms with E-state index in [9.17, 15) is 18.0 Å². The highest BCUT2D eigenvalue weighted by Gasteiger charge is 2.31. The van der Waals surface area contributed by atoms with Gasteiger partial charge in [-0.3, -0.25) is 4.79 Å². The molecule has 0 aliphatic rings. The van der Waals surface area contributed by atoms with Crippen LogP contribution >= 0.6 is 22.6 Å². The largest absolute Gasteiger partial charge is 0.478 e. The minimum absolute atomic E-state index is 0.134. The quantitative estimate of drug-likeness (QED) is 0.609. The lowest BCUT2D eigenvalue weighted by Gasteiger charge is -2.22. The summed E-state index contributed by atoms with van der Waals surface area (Å²) in [5, 5.41) is 8.98. The smallest absolute Gasteiger partial charge is 0.336 e. The van der Waals surface area contributed by atoms with Gasteiger partial charge in [0.25, 0.3) is 0 Å². The summed E-state index contributed by atoms with van der Waals surface area (Å²) in [5.41, 5.74) is 3.48. The summed E-state index contributed by atoms with van der Waals surface area (Å²) in [5.74, 6) is -2.08. The van der Waals surface area contributed by atoms with E-state index in [2.05, 4.69) is 4.72 Å². The number of benzene rings is 1. The zero-order valence-electron chi connectivity index (χ0n) is 10.7. The maximum atomic E-state index is 12.1. The van der Waals surface area contributed by atoms with Gasteiger partial charge in [0.15, 0.2) is 0 Å². The second kappa shape index (κ2) is 5.66. The van der Waals surface area contributed by atoms with Crippen LogP contribution in [0.25, 0.3) is 0 Å². The number of aromatic carboxylic acids is 1. The molecule has 4 N–H and O–H groups in total. The topological polar surface area (TPSA) is 127 Å². The molecule has 0 atom stereocenters. The molecule has 0 aromatic heterocycles. The molecule has 0 radical (unpaired) electrons. The molecule has 0 saturated heterocycles. The van der Waals surface area contributed by atoms with Gasteiger partial charge in [-0.25, -0.2) is 13.2 Å². The summed E-state index contributed by atoms with van der Waals surface area (Å²) in [6.45, 7) is 2.63. The predicted octanol–water partition coefficient (Wildman–Crippen LogP) is 0.532. The second-order valence-electron chi connectivity index (χ2n) is 4.54. The van der Waals surface area contributed by atoms with Crippen LogP contribution in [-0.4, -0.2) is 30.9 Å². The fourth-order valence-corrected chi connectivity index (χ4v) is 3.26. The maximum absolute atomic E-state index is 12.1. The van der Waals surface area contributed by atoms with Gasteiger partial charge in [0.2, 0.25) is 15.9 Å². The lowest BCUT2D eigenvalue weighted by Crippen LogP contribution is -2.52. The molecular weight excluding hydrogens is 399 g/mol. The van der Waals surface area contributed by atoms with Crippen molar-refractivity contribution in [3.05, 3.63) is 27.3 Å². The van der Waals surface area contributed by atoms with Gasteiger partial charge in [0.05, 0.1) is 10.5 Å². The normalized spacial score (nSPS) is 12.2. The molecule has 1 rings (SSSR count). The van der Waals surface area contributed by atoms with Crippen molar-refractivity contribution in [3.8, 4) is 0 Å². The number of primary amides is 1. The van der Waals surface area contributed by atoms with Crippen molar-refractivity contribution in [1.29, 1.82) is 0 Å². The molecule has 0 saturated carbocycles. The number of nitrogens with one attached hydrogen (secondary N) is 1. The number of carbonyl (C=O) groups is 2. The maximum Gasteiger partial charge on any atom is 0.336 e. The number of hydrogen-bond donors (Lipinski definition) is 3. The van der Waals surface area contributed by atoms with Crippen LogP contribution in [0.4, 0.5) is 0 Å². The van der Waals surface area contributed by atoms with Crippen LogP contribution in [0.15, 0.2) is 23.1 Å². The van der Waals surface area contributed by atoms with Gasteiger partial charge in [-0.15, -0.1) is 0 Å². The van der Waals surface area contributed by atoms with Gasteiger partial charge in [-0.05, 0) is 54.6 Å². The van der Waals surface area contributed by atoms with Crippen molar-refractivity contribution in [1.82, 2.24) is 4.72 Å². The van der Waals surface area contributed by atoms with Crippen molar-refractivity contribution < 1.29 is 23.1 Å². The summed E-state index contributed by atoms with van der Waals surface area (Å²) in [6.07, 6.45) is 0. The number of rotatable bonds is 5. The van der Waals surface area contributed by atoms with Crippen LogP contribution < -0.4 is 10.5 Å². The van der Waals surface area contributed by atoms with Crippen LogP contribution in [0, 0.1) is 3.57 Å². The first-order valence-corrected chi connectivity index (χ1v) is 7.90. The molecule has 110 valence electrons. The molecule has 0 fully saturated rings. The fraction of sp³-hybridized carbons (Fsp3) is 0.273. The minimum Gasteiger partial charge on any atom is -0.478 e. The summed E-state index contributed by atoms with van der Waals surface area (Å²) in [4.78, 5) is 21.9. The fourth-order valence-electron chi connectivity index (χ4n) is 1.28. The second-order valence-corrected chi connectivity index (χ2v) is 7.39. The van der Waals surface area contributed by atoms with Gasteiger partial charge in [-0.2, -0.15) is 4.72 Å². The van der Waals surface area contributed by atoms with Gasteiger partial charge < -0.3 is 10.8 Å². The van der Waals surface area contributed by atoms with E-state index in [0.717, 1.165) is 6.07 Å². The Labute approximate surface area is 129 Å². The highest BCUT2D eigenvalue weighted by molar-refractivity contribution is 14.1. The number of amides is 1. The molecule has 0 aliphatic carbocycles. The molecule has 0 spiro atoms. The third-order valence-corrected chi connectivity index (χ3v) is 5.08. The van der Waals surface area contributed by atoms with Crippen LogP contribution in [-0.2, 0) is 14.8 Å². The molecule has 0 bridgehead atoms. The Hall–Kier alpha value is -1.20. The number of halogens is 1. The van der Waals surface area contributed by atoms with Crippen molar-refractivity contribution >= 4 is 44.5 Å². The molecule has 7 nitrogen and oxygen atoms in total. The average Bonchev–Trinajstić information content (AvgIpc) is 2.27. The highest BCUT2D eigenvalue weighted by atomic mass is 127. The molecule has 1 amide bonds. The summed E-state index contributed by atoms with van der Waals surface area (Å²) >= 11 is 1.79. The number of sulfonamides is 1. The molecule has 0 aliphatic heterocycles. The Morgan fingerprint density at radius 3 is 2.35 bits per heavy atom. The van der Waals surface area contributed by atoms with Crippen LogP contribution in [0.1, 0.15) is 24.2 Å². The van der Waals surface area contributed by atoms with E-state index in [4.69, 9.17) is 10.8 Å². The Morgan fingerprint density at radius 2 is 1.90 bits per heavy atom. The zero-order chi connectivity index (χ0) is 15.7. The number of carboxylic acids is 1. The molecule has 1 aromatic rings. The van der Waals surface area contributed by atoms with E-state index in [1.165, 1.54) is 26.0 Å². The Balaban J connectivity index is 3.27. The summed E-state index contributed by atoms with van der Waals surface area (Å²) in [7, 11) is -4.05. The van der Waals surface area contributed by atoms with Crippen molar-refractivity contribution in [2.45, 2.75) is 24.3 Å². The Kier molecular flexibility index (Phi) is 4.77. The zero-order valence-corrected chi connectivity index (χ0v) is 13.6. The van der Waals surface area contributed by atoms with E-state index in [1.54, 1.807) is 22.6 Å². The van der Waals surface area contributed by atoms with E-state index in [1.807, 2.05) is 0 Å². The van der Waals surface area contributed by atoms with Gasteiger partial charge in [-0.1, -0.05) is 0 Å². The van der Waals surface area contributed by atoms with E-state index in [0.29, 0.717) is 3.57 Å². The summed E-state index contributed by atoms with van der Waals surface area (Å²) in [6, 6.07) is 3.66. The standard InChI is InChI=1S/C11H13IN2O5S/c1-11(2,10(13)17)14-20(18,19)6-3-4-8(12)7(5-6)9(15)16/h3-5,14H,1-2H3,(H2,13,17)(H,15,16). The highest BCUT2D eigenvalue weighted by Crippen LogP contribution is 2.19. The van der Waals surface area contributed by atoms with Crippen LogP contribution in [0.2, 0.25) is 0 Å². The first-order chi connectivity index (χ1) is 8.97. The van der Waals surface area contributed by atoms with Crippen LogP contribution in [0.5, 0.6) is 0 Å². The van der Waals surface area contributed by atoms with Gasteiger partial charge in [0.1, 0.15) is 5.54 Å². The number of carboxylic acid groups (broad SMARTS) is 1. The molecule has 0 heterocycles. The van der Waals surface area contributed by atoms with Gasteiger partial charge >= 0.3 is 5.97 Å². The van der Waals surface area contributed by atoms with E-state index >= 15 is 0 Å². The number of hydrogen-bond acceptors (Lipinski definition) is 4. The average molecular weight is 412 g/mol. The SMILES string of the molecule is CC(C)(NS(=O)(=O)c1ccc(I)c(C(=O)O)c1)C(N)=O. The minimum atomic E-state index is -4.05. The Bertz CT molecular complexity index is 669. The third-order valence-electron chi connectivity index (χ3n) is 2.48. The van der Waals surface area contributed by atoms with Gasteiger partial charge in [0, 0.05) is 3.57 Å². The number of carbonyl (C=O) groups excluding carboxylic acids is 1. The summed E-state index contributed by atoms with van der Waals surface area (Å²) < 4.78 is 26.8.